The Kier molecular flexibility index (Phi) is 5.20. The van der Waals surface area contributed by atoms with Crippen LogP contribution in [0.15, 0.2) is 23.1 Å². The zero-order chi connectivity index (χ0) is 17.1. The molecule has 1 N–H and O–H groups in total. The third-order valence-electron chi connectivity index (χ3n) is 3.58. The number of hydrogen-bond donors (Lipinski definition) is 1. The van der Waals surface area contributed by atoms with Crippen LogP contribution in [0.2, 0.25) is 5.28 Å². The van der Waals surface area contributed by atoms with Gasteiger partial charge in [0.2, 0.25) is 5.28 Å². The highest BCUT2D eigenvalue weighted by molar-refractivity contribution is 7.99. The predicted octanol–water partition coefficient (Wildman–Crippen LogP) is 3.77. The lowest BCUT2D eigenvalue weighted by atomic mass is 10.1. The van der Waals surface area contributed by atoms with Gasteiger partial charge in [0.25, 0.3) is 0 Å². The molecule has 8 heteroatoms. The third kappa shape index (κ3) is 3.79. The minimum absolute atomic E-state index is 0.0261. The molecule has 3 rings (SSSR count). The van der Waals surface area contributed by atoms with E-state index in [1.165, 1.54) is 13.2 Å². The maximum absolute atomic E-state index is 14.3. The highest BCUT2D eigenvalue weighted by Gasteiger charge is 2.19. The second-order valence-electron chi connectivity index (χ2n) is 5.26. The maximum Gasteiger partial charge on any atom is 0.309 e. The second kappa shape index (κ2) is 7.36. The molecule has 0 saturated carbocycles. The van der Waals surface area contributed by atoms with Crippen molar-refractivity contribution in [3.8, 4) is 0 Å². The first-order valence-corrected chi connectivity index (χ1v) is 8.74. The Bertz CT molecular complexity index is 788. The summed E-state index contributed by atoms with van der Waals surface area (Å²) >= 11 is 7.60. The second-order valence-corrected chi connectivity index (χ2v) is 6.70. The molecule has 0 amide bonds. The van der Waals surface area contributed by atoms with Crippen LogP contribution in [0.1, 0.15) is 17.7 Å². The number of rotatable bonds is 4. The lowest BCUT2D eigenvalue weighted by Gasteiger charge is -2.18. The van der Waals surface area contributed by atoms with Crippen LogP contribution in [0.3, 0.4) is 0 Å². The van der Waals surface area contributed by atoms with Crippen molar-refractivity contribution in [2.75, 3.05) is 18.2 Å². The van der Waals surface area contributed by atoms with Crippen molar-refractivity contribution < 1.29 is 13.9 Å². The van der Waals surface area contributed by atoms with Crippen LogP contribution in [0.25, 0.3) is 0 Å². The zero-order valence-electron chi connectivity index (χ0n) is 12.9. The van der Waals surface area contributed by atoms with Crippen molar-refractivity contribution in [3.63, 3.8) is 0 Å². The smallest absolute Gasteiger partial charge is 0.309 e. The Morgan fingerprint density at radius 2 is 2.29 bits per heavy atom. The van der Waals surface area contributed by atoms with Gasteiger partial charge in [0.15, 0.2) is 0 Å². The summed E-state index contributed by atoms with van der Waals surface area (Å²) < 4.78 is 18.9. The van der Waals surface area contributed by atoms with E-state index in [0.717, 1.165) is 29.2 Å². The lowest BCUT2D eigenvalue weighted by molar-refractivity contribution is -0.139. The number of ether oxygens (including phenoxy) is 1. The number of thioether (sulfide) groups is 1. The van der Waals surface area contributed by atoms with Crippen LogP contribution in [0.4, 0.5) is 15.9 Å². The van der Waals surface area contributed by atoms with E-state index < -0.39 is 11.8 Å². The molecule has 0 aliphatic carbocycles. The van der Waals surface area contributed by atoms with Gasteiger partial charge in [-0.25, -0.2) is 9.37 Å². The topological polar surface area (TPSA) is 64.1 Å². The first-order valence-electron chi connectivity index (χ1n) is 7.38. The van der Waals surface area contributed by atoms with Crippen LogP contribution in [-0.2, 0) is 22.4 Å². The van der Waals surface area contributed by atoms with E-state index in [1.807, 2.05) is 0 Å². The quantitative estimate of drug-likeness (QED) is 0.655. The molecule has 24 heavy (non-hydrogen) atoms. The predicted molar refractivity (Wildman–Crippen MR) is 91.5 cm³/mol. The number of carbonyl (C=O) groups excluding carboxylic acids is 1. The molecule has 1 aliphatic rings. The number of anilines is 2. The fraction of sp³-hybridized carbons (Fsp3) is 0.312. The summed E-state index contributed by atoms with van der Waals surface area (Å²) in [6, 6.07) is 4.55. The molecule has 2 aromatic rings. The fourth-order valence-corrected chi connectivity index (χ4v) is 3.65. The van der Waals surface area contributed by atoms with Gasteiger partial charge in [0, 0.05) is 0 Å². The van der Waals surface area contributed by atoms with Gasteiger partial charge < -0.3 is 10.1 Å². The summed E-state index contributed by atoms with van der Waals surface area (Å²) in [7, 11) is 1.30. The number of halogens is 2. The average Bonchev–Trinajstić information content (AvgIpc) is 2.57. The van der Waals surface area contributed by atoms with Crippen LogP contribution in [-0.4, -0.2) is 28.8 Å². The number of benzene rings is 1. The standard InChI is InChI=1S/C16H15ClFN3O2S/c1-23-13(22)8-9-4-5-11(10(18)7-9)19-15-14-12(3-2-6-24-14)20-16(17)21-15/h4-5,7H,2-3,6,8H2,1H3,(H,19,20,21). The van der Waals surface area contributed by atoms with E-state index in [0.29, 0.717) is 11.4 Å². The van der Waals surface area contributed by atoms with Crippen molar-refractivity contribution in [2.24, 2.45) is 0 Å². The van der Waals surface area contributed by atoms with E-state index in [-0.39, 0.29) is 17.4 Å². The molecule has 0 fully saturated rings. The summed E-state index contributed by atoms with van der Waals surface area (Å²) in [6.45, 7) is 0. The first-order chi connectivity index (χ1) is 11.6. The van der Waals surface area contributed by atoms with Crippen LogP contribution >= 0.6 is 23.4 Å². The molecule has 2 heterocycles. The van der Waals surface area contributed by atoms with Gasteiger partial charge in [0.05, 0.1) is 29.8 Å². The Labute approximate surface area is 148 Å². The number of hydrogen-bond acceptors (Lipinski definition) is 6. The van der Waals surface area contributed by atoms with E-state index in [4.69, 9.17) is 11.6 Å². The molecule has 0 radical (unpaired) electrons. The highest BCUT2D eigenvalue weighted by Crippen LogP contribution is 2.36. The number of carbonyl (C=O) groups is 1. The molecular weight excluding hydrogens is 353 g/mol. The molecule has 1 aromatic carbocycles. The minimum Gasteiger partial charge on any atom is -0.469 e. The minimum atomic E-state index is -0.472. The van der Waals surface area contributed by atoms with E-state index >= 15 is 0 Å². The Balaban J connectivity index is 1.86. The van der Waals surface area contributed by atoms with Gasteiger partial charge >= 0.3 is 5.97 Å². The molecule has 126 valence electrons. The van der Waals surface area contributed by atoms with E-state index in [2.05, 4.69) is 20.0 Å². The Morgan fingerprint density at radius 1 is 1.46 bits per heavy atom. The summed E-state index contributed by atoms with van der Waals surface area (Å²) in [5.74, 6) is 0.589. The average molecular weight is 368 g/mol. The number of methoxy groups -OCH3 is 1. The summed E-state index contributed by atoms with van der Waals surface area (Å²) in [6.07, 6.45) is 1.89. The molecule has 0 spiro atoms. The van der Waals surface area contributed by atoms with Crippen LogP contribution < -0.4 is 5.32 Å². The van der Waals surface area contributed by atoms with Crippen LogP contribution in [0, 0.1) is 5.82 Å². The lowest BCUT2D eigenvalue weighted by Crippen LogP contribution is -2.08. The van der Waals surface area contributed by atoms with Gasteiger partial charge in [-0.05, 0) is 47.9 Å². The van der Waals surface area contributed by atoms with Crippen molar-refractivity contribution >= 4 is 40.8 Å². The van der Waals surface area contributed by atoms with Crippen molar-refractivity contribution in [3.05, 3.63) is 40.6 Å². The van der Waals surface area contributed by atoms with Gasteiger partial charge in [-0.3, -0.25) is 4.79 Å². The fourth-order valence-electron chi connectivity index (χ4n) is 2.42. The Morgan fingerprint density at radius 3 is 3.04 bits per heavy atom. The third-order valence-corrected chi connectivity index (χ3v) is 4.95. The number of nitrogens with one attached hydrogen (secondary N) is 1. The van der Waals surface area contributed by atoms with Crippen molar-refractivity contribution in [1.82, 2.24) is 9.97 Å². The van der Waals surface area contributed by atoms with Crippen molar-refractivity contribution in [2.45, 2.75) is 24.2 Å². The van der Waals surface area contributed by atoms with E-state index in [9.17, 15) is 9.18 Å². The number of aromatic nitrogens is 2. The highest BCUT2D eigenvalue weighted by atomic mass is 35.5. The molecule has 1 aliphatic heterocycles. The van der Waals surface area contributed by atoms with Gasteiger partial charge in [-0.1, -0.05) is 6.07 Å². The SMILES string of the molecule is COC(=O)Cc1ccc(Nc2nc(Cl)nc3c2SCCC3)c(F)c1. The molecule has 0 atom stereocenters. The summed E-state index contributed by atoms with van der Waals surface area (Å²) in [5, 5.41) is 3.13. The molecule has 0 saturated heterocycles. The monoisotopic (exact) mass is 367 g/mol. The van der Waals surface area contributed by atoms with Gasteiger partial charge in [-0.2, -0.15) is 4.98 Å². The normalized spacial score (nSPS) is 13.3. The molecule has 5 nitrogen and oxygen atoms in total. The Hall–Kier alpha value is -1.86. The van der Waals surface area contributed by atoms with E-state index in [1.54, 1.807) is 23.9 Å². The molecular formula is C16H15ClFN3O2S. The number of esters is 1. The molecule has 0 bridgehead atoms. The molecule has 1 aromatic heterocycles. The largest absolute Gasteiger partial charge is 0.469 e. The van der Waals surface area contributed by atoms with Gasteiger partial charge in [-0.15, -0.1) is 11.8 Å². The number of nitrogens with zero attached hydrogens (tertiary/aromatic N) is 2. The number of aryl methyl sites for hydroxylation is 1. The maximum atomic E-state index is 14.3. The summed E-state index contributed by atoms with van der Waals surface area (Å²) in [4.78, 5) is 20.6. The van der Waals surface area contributed by atoms with Crippen LogP contribution in [0.5, 0.6) is 0 Å². The zero-order valence-corrected chi connectivity index (χ0v) is 14.5. The molecule has 0 unspecified atom stereocenters. The van der Waals surface area contributed by atoms with Crippen molar-refractivity contribution in [1.29, 1.82) is 0 Å². The number of fused-ring (bicyclic) bond motifs is 1. The van der Waals surface area contributed by atoms with Gasteiger partial charge in [0.1, 0.15) is 11.6 Å². The summed E-state index contributed by atoms with van der Waals surface area (Å²) in [5.41, 5.74) is 1.70. The first kappa shape index (κ1) is 17.0.